The van der Waals surface area contributed by atoms with Gasteiger partial charge in [-0.2, -0.15) is 12.6 Å². The van der Waals surface area contributed by atoms with E-state index < -0.39 is 0 Å². The van der Waals surface area contributed by atoms with E-state index in [0.29, 0.717) is 0 Å². The van der Waals surface area contributed by atoms with E-state index in [-0.39, 0.29) is 26.5 Å². The Morgan fingerprint density at radius 2 is 1.12 bits per heavy atom. The summed E-state index contributed by atoms with van der Waals surface area (Å²) in [7, 11) is 0. The minimum Gasteiger partial charge on any atom is -0.360 e. The van der Waals surface area contributed by atoms with Gasteiger partial charge >= 0.3 is 21.1 Å². The van der Waals surface area contributed by atoms with Crippen molar-refractivity contribution in [1.29, 1.82) is 0 Å². The molecule has 4 nitrogen and oxygen atoms in total. The summed E-state index contributed by atoms with van der Waals surface area (Å²) < 4.78 is 0. The van der Waals surface area contributed by atoms with Crippen LogP contribution in [0.3, 0.4) is 0 Å². The largest absolute Gasteiger partial charge is 2.00 e. The summed E-state index contributed by atoms with van der Waals surface area (Å²) in [5.41, 5.74) is 4.98. The third kappa shape index (κ3) is 6.82. The van der Waals surface area contributed by atoms with Crippen LogP contribution in [-0.2, 0) is 26.5 Å². The molecule has 32 heavy (non-hydrogen) atoms. The number of hydrogen-bond donors (Lipinski definition) is 1. The average Bonchev–Trinajstić information content (AvgIpc) is 2.88. The Bertz CT molecular complexity index is 972. The molecule has 4 heterocycles. The van der Waals surface area contributed by atoms with Crippen LogP contribution in [0, 0.1) is 12.1 Å². The zero-order valence-electron chi connectivity index (χ0n) is 19.0. The van der Waals surface area contributed by atoms with E-state index in [9.17, 15) is 0 Å². The first-order chi connectivity index (χ1) is 15.1. The zero-order valence-corrected chi connectivity index (χ0v) is 22.1. The van der Waals surface area contributed by atoms with Gasteiger partial charge < -0.3 is 19.9 Å². The maximum Gasteiger partial charge on any atom is 2.00 e. The summed E-state index contributed by atoms with van der Waals surface area (Å²) >= 11 is 3.53. The van der Waals surface area contributed by atoms with Crippen LogP contribution in [-0.4, -0.2) is 26.2 Å². The van der Waals surface area contributed by atoms with Gasteiger partial charge in [-0.3, -0.25) is 0 Å². The first-order valence-corrected chi connectivity index (χ1v) is 11.1. The van der Waals surface area contributed by atoms with Crippen molar-refractivity contribution in [1.82, 2.24) is 19.9 Å². The normalized spacial score (nSPS) is 9.94. The van der Waals surface area contributed by atoms with Gasteiger partial charge in [0.2, 0.25) is 0 Å². The van der Waals surface area contributed by atoms with Crippen molar-refractivity contribution in [3.63, 3.8) is 0 Å². The van der Waals surface area contributed by atoms with E-state index in [1.807, 2.05) is 50.2 Å². The summed E-state index contributed by atoms with van der Waals surface area (Å²) in [4.78, 5) is 18.1. The number of pyridine rings is 4. The molecule has 0 aliphatic heterocycles. The number of aromatic nitrogens is 4. The van der Waals surface area contributed by atoms with Crippen molar-refractivity contribution in [2.75, 3.05) is 6.26 Å². The number of thiol groups is 1. The van der Waals surface area contributed by atoms with Gasteiger partial charge in [0, 0.05) is 16.8 Å². The second kappa shape index (κ2) is 13.9. The molecule has 0 amide bonds. The van der Waals surface area contributed by atoms with Crippen molar-refractivity contribution in [3.05, 3.63) is 96.8 Å². The predicted octanol–water partition coefficient (Wildman–Crippen LogP) is 6.10. The van der Waals surface area contributed by atoms with Crippen molar-refractivity contribution in [2.24, 2.45) is 0 Å². The Morgan fingerprint density at radius 3 is 1.47 bits per heavy atom. The smallest absolute Gasteiger partial charge is 0.360 e. The van der Waals surface area contributed by atoms with Crippen LogP contribution in [0.25, 0.3) is 22.5 Å². The Kier molecular flexibility index (Phi) is 12.0. The maximum absolute atomic E-state index is 4.86. The molecule has 168 valence electrons. The van der Waals surface area contributed by atoms with E-state index in [0.717, 1.165) is 33.9 Å². The van der Waals surface area contributed by atoms with E-state index in [1.165, 1.54) is 0 Å². The van der Waals surface area contributed by atoms with Gasteiger partial charge in [-0.15, -0.1) is 35.4 Å². The zero-order chi connectivity index (χ0) is 22.7. The number of hydrogen-bond acceptors (Lipinski definition) is 5. The fourth-order valence-electron chi connectivity index (χ4n) is 2.93. The predicted molar refractivity (Wildman–Crippen MR) is 131 cm³/mol. The third-order valence-corrected chi connectivity index (χ3v) is 4.54. The molecule has 0 saturated heterocycles. The molecule has 4 aromatic rings. The molecule has 0 radical (unpaired) electrons. The van der Waals surface area contributed by atoms with E-state index >= 15 is 0 Å². The molecule has 0 fully saturated rings. The van der Waals surface area contributed by atoms with Gasteiger partial charge in [-0.05, 0) is 43.6 Å². The molecular formula is C26H28N4PtS. The molecule has 0 unspecified atom stereocenters. The van der Waals surface area contributed by atoms with Gasteiger partial charge in [0.15, 0.2) is 0 Å². The van der Waals surface area contributed by atoms with Crippen molar-refractivity contribution >= 4 is 12.6 Å². The Balaban J connectivity index is 0.000000971. The van der Waals surface area contributed by atoms with Crippen molar-refractivity contribution in [3.8, 4) is 22.5 Å². The molecule has 0 saturated carbocycles. The second-order valence-corrected chi connectivity index (χ2v) is 6.74. The van der Waals surface area contributed by atoms with Gasteiger partial charge in [0.1, 0.15) is 0 Å². The molecule has 0 N–H and O–H groups in total. The molecule has 0 bridgehead atoms. The van der Waals surface area contributed by atoms with Crippen molar-refractivity contribution in [2.45, 2.75) is 33.1 Å². The average molecular weight is 624 g/mol. The molecule has 0 aromatic carbocycles. The van der Waals surface area contributed by atoms with Gasteiger partial charge in [-0.1, -0.05) is 62.9 Å². The van der Waals surface area contributed by atoms with Gasteiger partial charge in [-0.25, -0.2) is 0 Å². The fraction of sp³-hybridized carbons (Fsp3) is 0.231. The summed E-state index contributed by atoms with van der Waals surface area (Å²) in [6.07, 6.45) is 8.66. The SMILES string of the molecule is CC.CC(C)(c1cccc(-c2[c-]ccnc2)n1)c1cccc(-c2[c-]ccnc2)n1.CS.[Pt+2]. The first-order valence-electron chi connectivity index (χ1n) is 10.2. The van der Waals surface area contributed by atoms with Crippen LogP contribution in [0.5, 0.6) is 0 Å². The Labute approximate surface area is 211 Å². The van der Waals surface area contributed by atoms with Crippen LogP contribution < -0.4 is 0 Å². The van der Waals surface area contributed by atoms with Crippen LogP contribution in [0.4, 0.5) is 0 Å². The topological polar surface area (TPSA) is 51.6 Å². The Hall–Kier alpha value is -2.36. The number of rotatable bonds is 4. The molecular weight excluding hydrogens is 595 g/mol. The number of nitrogens with zero attached hydrogens (tertiary/aromatic N) is 4. The monoisotopic (exact) mass is 623 g/mol. The second-order valence-electron chi connectivity index (χ2n) is 6.74. The van der Waals surface area contributed by atoms with Crippen LogP contribution in [0.1, 0.15) is 39.1 Å². The summed E-state index contributed by atoms with van der Waals surface area (Å²) in [5, 5.41) is 0. The first kappa shape index (κ1) is 27.7. The standard InChI is InChI=1S/C23H18N4.C2H6.CH4S.Pt/c1-23(2,21-11-3-9-19(26-21)17-7-5-13-24-15-17)22-12-4-10-20(27-22)18-8-6-14-25-16-18;2*1-2;/h3-6,9-16H,1-2H3;1-2H3;2H,1H3;/q-2;;;+2. The van der Waals surface area contributed by atoms with E-state index in [4.69, 9.17) is 9.97 Å². The molecule has 6 heteroatoms. The third-order valence-electron chi connectivity index (χ3n) is 4.54. The van der Waals surface area contributed by atoms with E-state index in [2.05, 4.69) is 48.6 Å². The summed E-state index contributed by atoms with van der Waals surface area (Å²) in [6.45, 7) is 8.26. The van der Waals surface area contributed by atoms with Crippen molar-refractivity contribution < 1.29 is 21.1 Å². The molecule has 0 aliphatic rings. The minimum absolute atomic E-state index is 0. The van der Waals surface area contributed by atoms with Gasteiger partial charge in [0.25, 0.3) is 0 Å². The Morgan fingerprint density at radius 1 is 0.719 bits per heavy atom. The minimum atomic E-state index is -0.365. The van der Waals surface area contributed by atoms with Crippen LogP contribution in [0.15, 0.2) is 73.3 Å². The van der Waals surface area contributed by atoms with E-state index in [1.54, 1.807) is 43.2 Å². The quantitative estimate of drug-likeness (QED) is 0.221. The summed E-state index contributed by atoms with van der Waals surface area (Å²) in [6, 6.07) is 22.0. The van der Waals surface area contributed by atoms with Gasteiger partial charge in [0.05, 0.1) is 0 Å². The summed E-state index contributed by atoms with van der Waals surface area (Å²) in [5.74, 6) is 0. The molecule has 4 rings (SSSR count). The van der Waals surface area contributed by atoms with Crippen LogP contribution >= 0.6 is 12.6 Å². The molecule has 4 aromatic heterocycles. The maximum atomic E-state index is 4.86. The molecule has 0 aliphatic carbocycles. The molecule has 0 atom stereocenters. The molecule has 0 spiro atoms. The van der Waals surface area contributed by atoms with Crippen LogP contribution in [0.2, 0.25) is 0 Å². The fourth-order valence-corrected chi connectivity index (χ4v) is 2.93.